The number of carbonyl (C=O) groups excluding carboxylic acids is 1. The molecule has 6 heteroatoms. The molecule has 138 valence electrons. The summed E-state index contributed by atoms with van der Waals surface area (Å²) in [6.45, 7) is 0.602. The predicted octanol–water partition coefficient (Wildman–Crippen LogP) is 3.34. The Labute approximate surface area is 154 Å². The molecular formula is C20H24N2O3S. The molecule has 0 heterocycles. The first-order chi connectivity index (χ1) is 12.5. The standard InChI is InChI=1S/C20H24N2O3S/c23-20(17-6-4-5-7-17)21-15-14-16-10-12-18(13-11-16)22-26(24,25)19-8-2-1-3-9-19/h1-3,8-13,17,22H,4-7,14-15H2,(H,21,23). The molecule has 0 radical (unpaired) electrons. The smallest absolute Gasteiger partial charge is 0.261 e. The zero-order valence-electron chi connectivity index (χ0n) is 14.6. The Balaban J connectivity index is 1.51. The Hall–Kier alpha value is -2.34. The number of anilines is 1. The lowest BCUT2D eigenvalue weighted by atomic mass is 10.1. The number of nitrogens with one attached hydrogen (secondary N) is 2. The maximum atomic E-state index is 12.3. The van der Waals surface area contributed by atoms with E-state index in [1.54, 1.807) is 42.5 Å². The van der Waals surface area contributed by atoms with E-state index in [9.17, 15) is 13.2 Å². The SMILES string of the molecule is O=C(NCCc1ccc(NS(=O)(=O)c2ccccc2)cc1)C1CCCC1. The van der Waals surface area contributed by atoms with Gasteiger partial charge in [0.15, 0.2) is 0 Å². The van der Waals surface area contributed by atoms with E-state index in [0.29, 0.717) is 12.2 Å². The average Bonchev–Trinajstić information content (AvgIpc) is 3.18. The van der Waals surface area contributed by atoms with E-state index in [-0.39, 0.29) is 16.7 Å². The Kier molecular flexibility index (Phi) is 5.93. The molecule has 1 saturated carbocycles. The lowest BCUT2D eigenvalue weighted by Gasteiger charge is -2.11. The first-order valence-electron chi connectivity index (χ1n) is 8.99. The third kappa shape index (κ3) is 4.85. The van der Waals surface area contributed by atoms with Gasteiger partial charge in [0.2, 0.25) is 5.91 Å². The lowest BCUT2D eigenvalue weighted by Crippen LogP contribution is -2.30. The Morgan fingerprint density at radius 3 is 2.27 bits per heavy atom. The molecule has 0 bridgehead atoms. The van der Waals surface area contributed by atoms with Gasteiger partial charge in [0.1, 0.15) is 0 Å². The minimum atomic E-state index is -3.57. The van der Waals surface area contributed by atoms with Gasteiger partial charge in [0.05, 0.1) is 4.90 Å². The summed E-state index contributed by atoms with van der Waals surface area (Å²) in [5.74, 6) is 0.347. The summed E-state index contributed by atoms with van der Waals surface area (Å²) in [5, 5.41) is 3.00. The van der Waals surface area contributed by atoms with Crippen molar-refractivity contribution < 1.29 is 13.2 Å². The monoisotopic (exact) mass is 372 g/mol. The molecule has 0 spiro atoms. The summed E-state index contributed by atoms with van der Waals surface area (Å²) in [5.41, 5.74) is 1.58. The summed E-state index contributed by atoms with van der Waals surface area (Å²) >= 11 is 0. The van der Waals surface area contributed by atoms with Crippen LogP contribution in [0, 0.1) is 5.92 Å². The molecule has 5 nitrogen and oxygen atoms in total. The normalized spacial score (nSPS) is 14.9. The van der Waals surface area contributed by atoms with E-state index in [0.717, 1.165) is 37.7 Å². The van der Waals surface area contributed by atoms with Crippen molar-refractivity contribution >= 4 is 21.6 Å². The molecule has 2 N–H and O–H groups in total. The van der Waals surface area contributed by atoms with Crippen LogP contribution in [0.5, 0.6) is 0 Å². The largest absolute Gasteiger partial charge is 0.356 e. The molecule has 1 fully saturated rings. The van der Waals surface area contributed by atoms with Crippen molar-refractivity contribution in [3.8, 4) is 0 Å². The van der Waals surface area contributed by atoms with Crippen LogP contribution in [0.3, 0.4) is 0 Å². The zero-order chi connectivity index (χ0) is 18.4. The summed E-state index contributed by atoms with van der Waals surface area (Å²) in [7, 11) is -3.57. The Bertz CT molecular complexity index is 827. The van der Waals surface area contributed by atoms with Crippen LogP contribution in [-0.2, 0) is 21.2 Å². The van der Waals surface area contributed by atoms with E-state index < -0.39 is 10.0 Å². The highest BCUT2D eigenvalue weighted by Crippen LogP contribution is 2.24. The third-order valence-electron chi connectivity index (χ3n) is 4.70. The second kappa shape index (κ2) is 8.36. The maximum absolute atomic E-state index is 12.3. The zero-order valence-corrected chi connectivity index (χ0v) is 15.5. The van der Waals surface area contributed by atoms with Gasteiger partial charge in [-0.3, -0.25) is 9.52 Å². The number of hydrogen-bond acceptors (Lipinski definition) is 3. The van der Waals surface area contributed by atoms with Gasteiger partial charge in [-0.05, 0) is 49.1 Å². The van der Waals surface area contributed by atoms with Crippen molar-refractivity contribution in [2.75, 3.05) is 11.3 Å². The van der Waals surface area contributed by atoms with Crippen LogP contribution >= 0.6 is 0 Å². The highest BCUT2D eigenvalue weighted by molar-refractivity contribution is 7.92. The molecule has 3 rings (SSSR count). The molecule has 0 saturated heterocycles. The number of hydrogen-bond donors (Lipinski definition) is 2. The second-order valence-corrected chi connectivity index (χ2v) is 8.32. The number of benzene rings is 2. The molecule has 1 aliphatic carbocycles. The van der Waals surface area contributed by atoms with E-state index >= 15 is 0 Å². The van der Waals surface area contributed by atoms with Gasteiger partial charge >= 0.3 is 0 Å². The average molecular weight is 372 g/mol. The van der Waals surface area contributed by atoms with Crippen LogP contribution in [0.1, 0.15) is 31.2 Å². The first-order valence-corrected chi connectivity index (χ1v) is 10.5. The molecule has 0 unspecified atom stereocenters. The van der Waals surface area contributed by atoms with Crippen molar-refractivity contribution in [2.24, 2.45) is 5.92 Å². The van der Waals surface area contributed by atoms with Crippen LogP contribution in [0.2, 0.25) is 0 Å². The molecule has 0 aliphatic heterocycles. The molecule has 26 heavy (non-hydrogen) atoms. The van der Waals surface area contributed by atoms with Crippen molar-refractivity contribution in [1.29, 1.82) is 0 Å². The second-order valence-electron chi connectivity index (χ2n) is 6.64. The summed E-state index contributed by atoms with van der Waals surface area (Å²) in [6, 6.07) is 15.5. The van der Waals surface area contributed by atoms with Crippen molar-refractivity contribution in [1.82, 2.24) is 5.32 Å². The van der Waals surface area contributed by atoms with Crippen LogP contribution in [0.25, 0.3) is 0 Å². The molecule has 1 aliphatic rings. The molecule has 2 aromatic rings. The predicted molar refractivity (Wildman–Crippen MR) is 102 cm³/mol. The summed E-state index contributed by atoms with van der Waals surface area (Å²) < 4.78 is 27.2. The quantitative estimate of drug-likeness (QED) is 0.783. The van der Waals surface area contributed by atoms with Crippen molar-refractivity contribution in [3.63, 3.8) is 0 Å². The van der Waals surface area contributed by atoms with Crippen LogP contribution in [0.15, 0.2) is 59.5 Å². The van der Waals surface area contributed by atoms with Crippen molar-refractivity contribution in [2.45, 2.75) is 37.0 Å². The highest BCUT2D eigenvalue weighted by atomic mass is 32.2. The summed E-state index contributed by atoms with van der Waals surface area (Å²) in [4.78, 5) is 12.2. The number of carbonyl (C=O) groups is 1. The fourth-order valence-corrected chi connectivity index (χ4v) is 4.30. The van der Waals surface area contributed by atoms with E-state index in [2.05, 4.69) is 10.0 Å². The van der Waals surface area contributed by atoms with E-state index in [1.165, 1.54) is 0 Å². The molecule has 0 atom stereocenters. The fourth-order valence-electron chi connectivity index (χ4n) is 3.22. The van der Waals surface area contributed by atoms with Crippen LogP contribution in [0.4, 0.5) is 5.69 Å². The van der Waals surface area contributed by atoms with Gasteiger partial charge in [-0.25, -0.2) is 8.42 Å². The van der Waals surface area contributed by atoms with Gasteiger partial charge in [0.25, 0.3) is 10.0 Å². The number of amides is 1. The minimum Gasteiger partial charge on any atom is -0.356 e. The third-order valence-corrected chi connectivity index (χ3v) is 6.10. The maximum Gasteiger partial charge on any atom is 0.261 e. The lowest BCUT2D eigenvalue weighted by molar-refractivity contribution is -0.124. The van der Waals surface area contributed by atoms with Gasteiger partial charge in [-0.1, -0.05) is 43.2 Å². The molecule has 0 aromatic heterocycles. The van der Waals surface area contributed by atoms with Crippen molar-refractivity contribution in [3.05, 3.63) is 60.2 Å². The van der Waals surface area contributed by atoms with Crippen LogP contribution < -0.4 is 10.0 Å². The molecular weight excluding hydrogens is 348 g/mol. The van der Waals surface area contributed by atoms with Gasteiger partial charge < -0.3 is 5.32 Å². The minimum absolute atomic E-state index is 0.162. The van der Waals surface area contributed by atoms with Gasteiger partial charge in [-0.15, -0.1) is 0 Å². The topological polar surface area (TPSA) is 75.3 Å². The van der Waals surface area contributed by atoms with E-state index in [4.69, 9.17) is 0 Å². The van der Waals surface area contributed by atoms with E-state index in [1.807, 2.05) is 12.1 Å². The first kappa shape index (κ1) is 18.5. The van der Waals surface area contributed by atoms with Crippen LogP contribution in [-0.4, -0.2) is 20.9 Å². The number of rotatable bonds is 7. The van der Waals surface area contributed by atoms with Gasteiger partial charge in [-0.2, -0.15) is 0 Å². The summed E-state index contributed by atoms with van der Waals surface area (Å²) in [6.07, 6.45) is 5.03. The Morgan fingerprint density at radius 1 is 0.962 bits per heavy atom. The molecule has 2 aromatic carbocycles. The fraction of sp³-hybridized carbons (Fsp3) is 0.350. The molecule has 1 amide bonds. The number of sulfonamides is 1. The Morgan fingerprint density at radius 2 is 1.62 bits per heavy atom. The highest BCUT2D eigenvalue weighted by Gasteiger charge is 2.21. The van der Waals surface area contributed by atoms with Gasteiger partial charge in [0, 0.05) is 18.2 Å².